The van der Waals surface area contributed by atoms with Gasteiger partial charge in [0, 0.05) is 17.8 Å². The molecule has 0 amide bonds. The SMILES string of the molecule is CCNS(=O)(=O)c1ccc(C(=O)OCC(=O)c2[nH]c(C)c(C(C)=O)c2C)cc1. The van der Waals surface area contributed by atoms with Crippen molar-refractivity contribution in [2.75, 3.05) is 13.2 Å². The van der Waals surface area contributed by atoms with Crippen LogP contribution in [0.1, 0.15) is 56.3 Å². The summed E-state index contributed by atoms with van der Waals surface area (Å²) >= 11 is 0. The number of carbonyl (C=O) groups is 3. The molecule has 0 aliphatic rings. The third-order valence-electron chi connectivity index (χ3n) is 4.14. The van der Waals surface area contributed by atoms with Crippen LogP contribution >= 0.6 is 0 Å². The third kappa shape index (κ3) is 4.55. The van der Waals surface area contributed by atoms with Crippen LogP contribution in [0.25, 0.3) is 0 Å². The molecule has 0 aliphatic carbocycles. The Balaban J connectivity index is 2.07. The lowest BCUT2D eigenvalue weighted by molar-refractivity contribution is 0.0473. The predicted octanol–water partition coefficient (Wildman–Crippen LogP) is 2.17. The molecule has 0 unspecified atom stereocenters. The molecule has 0 atom stereocenters. The number of aromatic nitrogens is 1. The van der Waals surface area contributed by atoms with Crippen LogP contribution in [0.2, 0.25) is 0 Å². The smallest absolute Gasteiger partial charge is 0.338 e. The van der Waals surface area contributed by atoms with Crippen LogP contribution in [-0.4, -0.2) is 44.1 Å². The number of nitrogens with one attached hydrogen (secondary N) is 2. The van der Waals surface area contributed by atoms with Crippen LogP contribution in [0.3, 0.4) is 0 Å². The maximum absolute atomic E-state index is 12.3. The highest BCUT2D eigenvalue weighted by atomic mass is 32.2. The number of carbonyl (C=O) groups excluding carboxylic acids is 3. The van der Waals surface area contributed by atoms with Crippen molar-refractivity contribution >= 4 is 27.6 Å². The number of aromatic amines is 1. The number of aryl methyl sites for hydroxylation is 1. The van der Waals surface area contributed by atoms with E-state index in [4.69, 9.17) is 4.74 Å². The lowest BCUT2D eigenvalue weighted by Crippen LogP contribution is -2.23. The molecule has 1 heterocycles. The van der Waals surface area contributed by atoms with Crippen LogP contribution in [0.15, 0.2) is 29.2 Å². The number of ether oxygens (including phenoxy) is 1. The van der Waals surface area contributed by atoms with Gasteiger partial charge in [0.2, 0.25) is 15.8 Å². The third-order valence-corrected chi connectivity index (χ3v) is 5.70. The van der Waals surface area contributed by atoms with Crippen molar-refractivity contribution in [1.82, 2.24) is 9.71 Å². The van der Waals surface area contributed by atoms with E-state index in [0.29, 0.717) is 16.8 Å². The largest absolute Gasteiger partial charge is 0.454 e. The Morgan fingerprint density at radius 3 is 2.21 bits per heavy atom. The number of rotatable bonds is 8. The molecule has 0 saturated heterocycles. The van der Waals surface area contributed by atoms with E-state index in [2.05, 4.69) is 9.71 Å². The second-order valence-electron chi connectivity index (χ2n) is 6.21. The Morgan fingerprint density at radius 1 is 1.11 bits per heavy atom. The summed E-state index contributed by atoms with van der Waals surface area (Å²) in [5.41, 5.74) is 1.89. The fourth-order valence-electron chi connectivity index (χ4n) is 2.89. The number of hydrogen-bond acceptors (Lipinski definition) is 6. The predicted molar refractivity (Wildman–Crippen MR) is 102 cm³/mol. The van der Waals surface area contributed by atoms with Crippen LogP contribution in [-0.2, 0) is 14.8 Å². The van der Waals surface area contributed by atoms with E-state index in [1.54, 1.807) is 20.8 Å². The number of esters is 1. The van der Waals surface area contributed by atoms with Crippen molar-refractivity contribution in [2.45, 2.75) is 32.6 Å². The first kappa shape index (κ1) is 21.5. The Labute approximate surface area is 163 Å². The molecule has 0 bridgehead atoms. The van der Waals surface area contributed by atoms with E-state index in [-0.39, 0.29) is 28.5 Å². The zero-order valence-corrected chi connectivity index (χ0v) is 16.9. The van der Waals surface area contributed by atoms with Crippen molar-refractivity contribution in [3.8, 4) is 0 Å². The van der Waals surface area contributed by atoms with E-state index in [1.165, 1.54) is 31.2 Å². The highest BCUT2D eigenvalue weighted by Gasteiger charge is 2.21. The molecule has 2 aromatic rings. The molecule has 0 fully saturated rings. The first-order valence-corrected chi connectivity index (χ1v) is 10.1. The summed E-state index contributed by atoms with van der Waals surface area (Å²) in [5.74, 6) is -1.38. The van der Waals surface area contributed by atoms with Gasteiger partial charge in [-0.3, -0.25) is 9.59 Å². The Kier molecular flexibility index (Phi) is 6.52. The Bertz CT molecular complexity index is 1020. The maximum atomic E-state index is 12.3. The summed E-state index contributed by atoms with van der Waals surface area (Å²) in [6.45, 7) is 6.16. The second-order valence-corrected chi connectivity index (χ2v) is 7.97. The molecule has 0 radical (unpaired) electrons. The van der Waals surface area contributed by atoms with Gasteiger partial charge in [-0.15, -0.1) is 0 Å². The van der Waals surface area contributed by atoms with Crippen molar-refractivity contribution < 1.29 is 27.5 Å². The van der Waals surface area contributed by atoms with Crippen molar-refractivity contribution in [2.24, 2.45) is 0 Å². The van der Waals surface area contributed by atoms with Gasteiger partial charge < -0.3 is 9.72 Å². The number of Topliss-reactive ketones (excluding diaryl/α,β-unsaturated/α-hetero) is 2. The summed E-state index contributed by atoms with van der Waals surface area (Å²) < 4.78 is 31.2. The molecular weight excluding hydrogens is 384 g/mol. The van der Waals surface area contributed by atoms with Gasteiger partial charge in [0.25, 0.3) is 0 Å². The molecule has 1 aromatic carbocycles. The lowest BCUT2D eigenvalue weighted by atomic mass is 10.1. The second kappa shape index (κ2) is 8.49. The molecular formula is C19H22N2O6S. The van der Waals surface area contributed by atoms with E-state index >= 15 is 0 Å². The van der Waals surface area contributed by atoms with E-state index in [1.807, 2.05) is 0 Å². The summed E-state index contributed by atoms with van der Waals surface area (Å²) in [7, 11) is -3.62. The summed E-state index contributed by atoms with van der Waals surface area (Å²) in [4.78, 5) is 39.0. The highest BCUT2D eigenvalue weighted by Crippen LogP contribution is 2.19. The topological polar surface area (TPSA) is 122 Å². The van der Waals surface area contributed by atoms with Gasteiger partial charge in [-0.1, -0.05) is 6.92 Å². The summed E-state index contributed by atoms with van der Waals surface area (Å²) in [6, 6.07) is 5.20. The quantitative estimate of drug-likeness (QED) is 0.512. The number of benzene rings is 1. The van der Waals surface area contributed by atoms with Crippen LogP contribution in [0.5, 0.6) is 0 Å². The van der Waals surface area contributed by atoms with Crippen LogP contribution < -0.4 is 4.72 Å². The zero-order chi connectivity index (χ0) is 21.1. The average Bonchev–Trinajstić information content (AvgIpc) is 2.94. The minimum Gasteiger partial charge on any atom is -0.454 e. The first-order chi connectivity index (χ1) is 13.1. The fraction of sp³-hybridized carbons (Fsp3) is 0.316. The maximum Gasteiger partial charge on any atom is 0.338 e. The number of ketones is 2. The van der Waals surface area contributed by atoms with Crippen LogP contribution in [0.4, 0.5) is 0 Å². The average molecular weight is 406 g/mol. The minimum atomic E-state index is -3.62. The van der Waals surface area contributed by atoms with Crippen molar-refractivity contribution in [1.29, 1.82) is 0 Å². The highest BCUT2D eigenvalue weighted by molar-refractivity contribution is 7.89. The summed E-state index contributed by atoms with van der Waals surface area (Å²) in [5, 5.41) is 0. The molecule has 9 heteroatoms. The fourth-order valence-corrected chi connectivity index (χ4v) is 3.93. The van der Waals surface area contributed by atoms with Gasteiger partial charge >= 0.3 is 5.97 Å². The number of H-pyrrole nitrogens is 1. The first-order valence-electron chi connectivity index (χ1n) is 8.58. The van der Waals surface area contributed by atoms with Crippen molar-refractivity contribution in [3.63, 3.8) is 0 Å². The molecule has 2 N–H and O–H groups in total. The minimum absolute atomic E-state index is 0.0243. The zero-order valence-electron chi connectivity index (χ0n) is 16.1. The molecule has 1 aromatic heterocycles. The number of hydrogen-bond donors (Lipinski definition) is 2. The Hall–Kier alpha value is -2.78. The standard InChI is InChI=1S/C19H22N2O6S/c1-5-20-28(25,26)15-8-6-14(7-9-15)19(24)27-10-16(23)18-11(2)17(13(4)22)12(3)21-18/h6-9,20-21H,5,10H2,1-4H3. The molecule has 0 saturated carbocycles. The summed E-state index contributed by atoms with van der Waals surface area (Å²) in [6.07, 6.45) is 0. The molecule has 0 spiro atoms. The van der Waals surface area contributed by atoms with Gasteiger partial charge in [-0.2, -0.15) is 0 Å². The molecule has 28 heavy (non-hydrogen) atoms. The molecule has 0 aliphatic heterocycles. The molecule has 2 rings (SSSR count). The molecule has 8 nitrogen and oxygen atoms in total. The monoisotopic (exact) mass is 406 g/mol. The van der Waals surface area contributed by atoms with E-state index in [9.17, 15) is 22.8 Å². The van der Waals surface area contributed by atoms with Gasteiger partial charge in [0.05, 0.1) is 16.2 Å². The number of sulfonamides is 1. The van der Waals surface area contributed by atoms with E-state index < -0.39 is 28.4 Å². The van der Waals surface area contributed by atoms with Gasteiger partial charge in [-0.25, -0.2) is 17.9 Å². The van der Waals surface area contributed by atoms with Crippen molar-refractivity contribution in [3.05, 3.63) is 52.3 Å². The Morgan fingerprint density at radius 2 is 1.71 bits per heavy atom. The van der Waals surface area contributed by atoms with Gasteiger partial charge in [-0.05, 0) is 50.6 Å². The lowest BCUT2D eigenvalue weighted by Gasteiger charge is -2.07. The van der Waals surface area contributed by atoms with Crippen LogP contribution in [0, 0.1) is 13.8 Å². The van der Waals surface area contributed by atoms with Gasteiger partial charge in [0.15, 0.2) is 12.4 Å². The normalized spacial score (nSPS) is 11.3. The van der Waals surface area contributed by atoms with Gasteiger partial charge in [0.1, 0.15) is 0 Å². The molecule has 150 valence electrons. The van der Waals surface area contributed by atoms with E-state index in [0.717, 1.165) is 0 Å².